The third-order valence-electron chi connectivity index (χ3n) is 3.69. The van der Waals surface area contributed by atoms with E-state index in [0.29, 0.717) is 36.2 Å². The van der Waals surface area contributed by atoms with Crippen LogP contribution in [0.4, 0.5) is 5.69 Å². The predicted molar refractivity (Wildman–Crippen MR) is 92.8 cm³/mol. The van der Waals surface area contributed by atoms with Crippen LogP contribution in [-0.2, 0) is 10.5 Å². The van der Waals surface area contributed by atoms with Crippen molar-refractivity contribution < 1.29 is 18.8 Å². The summed E-state index contributed by atoms with van der Waals surface area (Å²) in [7, 11) is 0. The number of aromatic nitrogens is 1. The van der Waals surface area contributed by atoms with E-state index in [2.05, 4.69) is 10.5 Å². The van der Waals surface area contributed by atoms with Crippen molar-refractivity contribution in [2.24, 2.45) is 0 Å². The van der Waals surface area contributed by atoms with Gasteiger partial charge >= 0.3 is 0 Å². The molecule has 0 unspecified atom stereocenters. The van der Waals surface area contributed by atoms with Crippen molar-refractivity contribution in [1.29, 1.82) is 0 Å². The fraction of sp³-hybridized carbons (Fsp3) is 0.412. The largest absolute Gasteiger partial charge is 0.490 e. The quantitative estimate of drug-likeness (QED) is 0.893. The van der Waals surface area contributed by atoms with Crippen molar-refractivity contribution in [2.75, 3.05) is 24.3 Å². The number of nitrogens with zero attached hydrogens (tertiary/aromatic N) is 1. The van der Waals surface area contributed by atoms with E-state index >= 15 is 0 Å². The number of thioether (sulfide) groups is 1. The highest BCUT2D eigenvalue weighted by atomic mass is 32.2. The average Bonchev–Trinajstić information content (AvgIpc) is 2.77. The van der Waals surface area contributed by atoms with E-state index in [9.17, 15) is 4.79 Å². The van der Waals surface area contributed by atoms with Crippen LogP contribution in [0.1, 0.15) is 23.4 Å². The molecule has 1 N–H and O–H groups in total. The molecule has 6 nitrogen and oxygen atoms in total. The van der Waals surface area contributed by atoms with Crippen LogP contribution in [0.5, 0.6) is 11.5 Å². The lowest BCUT2D eigenvalue weighted by atomic mass is 10.2. The second kappa shape index (κ2) is 7.61. The molecular weight excluding hydrogens is 328 g/mol. The lowest BCUT2D eigenvalue weighted by Gasteiger charge is -2.10. The van der Waals surface area contributed by atoms with E-state index in [-0.39, 0.29) is 5.91 Å². The van der Waals surface area contributed by atoms with Gasteiger partial charge in [-0.25, -0.2) is 0 Å². The maximum Gasteiger partial charge on any atom is 0.234 e. The molecule has 0 bridgehead atoms. The predicted octanol–water partition coefficient (Wildman–Crippen LogP) is 3.32. The summed E-state index contributed by atoms with van der Waals surface area (Å²) in [6.07, 6.45) is 0.856. The van der Waals surface area contributed by atoms with Gasteiger partial charge in [-0.2, -0.15) is 0 Å². The maximum atomic E-state index is 12.1. The Bertz CT molecular complexity index is 710. The first-order chi connectivity index (χ1) is 11.6. The third kappa shape index (κ3) is 4.03. The Morgan fingerprint density at radius 2 is 2.04 bits per heavy atom. The molecule has 128 valence electrons. The number of hydrogen-bond acceptors (Lipinski definition) is 6. The van der Waals surface area contributed by atoms with Gasteiger partial charge in [0.1, 0.15) is 5.76 Å². The van der Waals surface area contributed by atoms with E-state index in [4.69, 9.17) is 14.0 Å². The summed E-state index contributed by atoms with van der Waals surface area (Å²) >= 11 is 1.53. The number of amides is 1. The Labute approximate surface area is 144 Å². The van der Waals surface area contributed by atoms with Crippen LogP contribution in [0.3, 0.4) is 0 Å². The molecule has 2 heterocycles. The van der Waals surface area contributed by atoms with Crippen LogP contribution in [-0.4, -0.2) is 30.0 Å². The Balaban J connectivity index is 1.52. The molecule has 0 fully saturated rings. The van der Waals surface area contributed by atoms with Gasteiger partial charge in [0.25, 0.3) is 0 Å². The fourth-order valence-electron chi connectivity index (χ4n) is 2.39. The minimum absolute atomic E-state index is 0.0544. The van der Waals surface area contributed by atoms with Gasteiger partial charge in [-0.1, -0.05) is 5.16 Å². The zero-order valence-electron chi connectivity index (χ0n) is 13.8. The van der Waals surface area contributed by atoms with Crippen molar-refractivity contribution in [3.8, 4) is 11.5 Å². The lowest BCUT2D eigenvalue weighted by Crippen LogP contribution is -2.14. The summed E-state index contributed by atoms with van der Waals surface area (Å²) in [5.74, 6) is 3.21. The van der Waals surface area contributed by atoms with Gasteiger partial charge in [-0.3, -0.25) is 4.79 Å². The Morgan fingerprint density at radius 1 is 1.25 bits per heavy atom. The Morgan fingerprint density at radius 3 is 2.79 bits per heavy atom. The Hall–Kier alpha value is -2.15. The molecule has 0 saturated carbocycles. The number of aryl methyl sites for hydroxylation is 2. The minimum Gasteiger partial charge on any atom is -0.490 e. The molecule has 0 saturated heterocycles. The number of anilines is 1. The summed E-state index contributed by atoms with van der Waals surface area (Å²) in [5, 5.41) is 6.80. The van der Waals surface area contributed by atoms with E-state index < -0.39 is 0 Å². The topological polar surface area (TPSA) is 73.6 Å². The number of rotatable bonds is 5. The van der Waals surface area contributed by atoms with Gasteiger partial charge in [0.05, 0.1) is 24.7 Å². The van der Waals surface area contributed by atoms with Crippen LogP contribution in [0.15, 0.2) is 22.7 Å². The average molecular weight is 348 g/mol. The molecule has 1 amide bonds. The van der Waals surface area contributed by atoms with Gasteiger partial charge < -0.3 is 19.3 Å². The highest BCUT2D eigenvalue weighted by Crippen LogP contribution is 2.32. The highest BCUT2D eigenvalue weighted by Gasteiger charge is 2.13. The van der Waals surface area contributed by atoms with E-state index in [0.717, 1.165) is 29.2 Å². The van der Waals surface area contributed by atoms with Gasteiger partial charge in [-0.05, 0) is 26.0 Å². The number of fused-ring (bicyclic) bond motifs is 1. The zero-order chi connectivity index (χ0) is 16.9. The number of benzene rings is 1. The summed E-state index contributed by atoms with van der Waals surface area (Å²) in [6.45, 7) is 5.06. The summed E-state index contributed by atoms with van der Waals surface area (Å²) < 4.78 is 16.3. The van der Waals surface area contributed by atoms with Gasteiger partial charge in [0.2, 0.25) is 5.91 Å². The molecule has 0 spiro atoms. The summed E-state index contributed by atoms with van der Waals surface area (Å²) in [5.41, 5.74) is 2.65. The van der Waals surface area contributed by atoms with Crippen molar-refractivity contribution in [3.05, 3.63) is 35.2 Å². The van der Waals surface area contributed by atoms with Gasteiger partial charge in [-0.15, -0.1) is 11.8 Å². The Kier molecular flexibility index (Phi) is 5.30. The molecule has 1 aliphatic heterocycles. The van der Waals surface area contributed by atoms with E-state index in [1.165, 1.54) is 11.8 Å². The van der Waals surface area contributed by atoms with Crippen molar-refractivity contribution in [2.45, 2.75) is 26.0 Å². The smallest absolute Gasteiger partial charge is 0.234 e. The second-order valence-electron chi connectivity index (χ2n) is 5.56. The van der Waals surface area contributed by atoms with Crippen LogP contribution in [0.2, 0.25) is 0 Å². The lowest BCUT2D eigenvalue weighted by molar-refractivity contribution is -0.113. The minimum atomic E-state index is -0.0544. The third-order valence-corrected chi connectivity index (χ3v) is 4.65. The van der Waals surface area contributed by atoms with E-state index in [1.54, 1.807) is 6.07 Å². The first-order valence-electron chi connectivity index (χ1n) is 7.82. The first-order valence-corrected chi connectivity index (χ1v) is 8.98. The number of hydrogen-bond donors (Lipinski definition) is 1. The SMILES string of the molecule is Cc1noc(C)c1CSCC(=O)Nc1ccc2c(c1)OCCCO2. The molecule has 0 atom stereocenters. The fourth-order valence-corrected chi connectivity index (χ4v) is 3.37. The van der Waals surface area contributed by atoms with Gasteiger partial charge in [0.15, 0.2) is 11.5 Å². The molecule has 0 aliphatic carbocycles. The zero-order valence-corrected chi connectivity index (χ0v) is 14.6. The first kappa shape index (κ1) is 16.7. The standard InChI is InChI=1S/C17H20N2O4S/c1-11-14(12(2)23-19-11)9-24-10-17(20)18-13-4-5-15-16(8-13)22-7-3-6-21-15/h4-5,8H,3,6-7,9-10H2,1-2H3,(H,18,20). The number of nitrogens with one attached hydrogen (secondary N) is 1. The molecule has 3 rings (SSSR count). The monoisotopic (exact) mass is 348 g/mol. The molecule has 1 aromatic heterocycles. The molecule has 24 heavy (non-hydrogen) atoms. The van der Waals surface area contributed by atoms with Gasteiger partial charge in [0, 0.05) is 29.5 Å². The van der Waals surface area contributed by atoms with Crippen molar-refractivity contribution in [3.63, 3.8) is 0 Å². The normalized spacial score (nSPS) is 13.4. The highest BCUT2D eigenvalue weighted by molar-refractivity contribution is 7.99. The number of carbonyl (C=O) groups is 1. The van der Waals surface area contributed by atoms with Crippen LogP contribution in [0.25, 0.3) is 0 Å². The molecule has 1 aliphatic rings. The van der Waals surface area contributed by atoms with Crippen LogP contribution in [0, 0.1) is 13.8 Å². The second-order valence-corrected chi connectivity index (χ2v) is 6.54. The van der Waals surface area contributed by atoms with Crippen molar-refractivity contribution >= 4 is 23.4 Å². The van der Waals surface area contributed by atoms with Crippen molar-refractivity contribution in [1.82, 2.24) is 5.16 Å². The number of carbonyl (C=O) groups excluding carboxylic acids is 1. The van der Waals surface area contributed by atoms with E-state index in [1.807, 2.05) is 26.0 Å². The molecule has 2 aromatic rings. The molecule has 7 heteroatoms. The maximum absolute atomic E-state index is 12.1. The van der Waals surface area contributed by atoms with Crippen LogP contribution >= 0.6 is 11.8 Å². The molecule has 0 radical (unpaired) electrons. The van der Waals surface area contributed by atoms with Crippen LogP contribution < -0.4 is 14.8 Å². The summed E-state index contributed by atoms with van der Waals surface area (Å²) in [6, 6.07) is 5.45. The number of ether oxygens (including phenoxy) is 2. The molecular formula is C17H20N2O4S. The molecule has 1 aromatic carbocycles. The summed E-state index contributed by atoms with van der Waals surface area (Å²) in [4.78, 5) is 12.1.